The van der Waals surface area contributed by atoms with Crippen LogP contribution in [0.3, 0.4) is 0 Å². The topological polar surface area (TPSA) is 75.7 Å². The third-order valence-electron chi connectivity index (χ3n) is 7.82. The summed E-state index contributed by atoms with van der Waals surface area (Å²) >= 11 is 0. The Balaban J connectivity index is 1.33. The van der Waals surface area contributed by atoms with E-state index in [2.05, 4.69) is 11.9 Å². The number of pyridine rings is 1. The van der Waals surface area contributed by atoms with Crippen LogP contribution in [0.2, 0.25) is 0 Å². The second-order valence-corrected chi connectivity index (χ2v) is 13.0. The van der Waals surface area contributed by atoms with Gasteiger partial charge in [0.25, 0.3) is 0 Å². The van der Waals surface area contributed by atoms with Crippen LogP contribution >= 0.6 is 0 Å². The highest BCUT2D eigenvalue weighted by atomic mass is 32.2. The van der Waals surface area contributed by atoms with Gasteiger partial charge < -0.3 is 4.98 Å². The van der Waals surface area contributed by atoms with Gasteiger partial charge in [0.2, 0.25) is 0 Å². The summed E-state index contributed by atoms with van der Waals surface area (Å²) in [6.45, 7) is 4.29. The van der Waals surface area contributed by atoms with Crippen molar-refractivity contribution in [1.29, 1.82) is 0 Å². The minimum Gasteiger partial charge on any atom is -0.341 e. The number of halogens is 1. The number of fused-ring (bicyclic) bond motifs is 1. The monoisotopic (exact) mass is 483 g/mol. The summed E-state index contributed by atoms with van der Waals surface area (Å²) in [6.07, 6.45) is 8.07. The smallest absolute Gasteiger partial charge is 0.178 e. The number of aryl methyl sites for hydroxylation is 1. The van der Waals surface area contributed by atoms with Crippen molar-refractivity contribution < 1.29 is 12.8 Å². The molecule has 182 valence electrons. The molecule has 1 saturated carbocycles. The molecule has 0 bridgehead atoms. The van der Waals surface area contributed by atoms with E-state index in [4.69, 9.17) is 9.97 Å². The number of nitrogens with zero attached hydrogens (tertiary/aromatic N) is 2. The van der Waals surface area contributed by atoms with E-state index >= 15 is 4.39 Å². The maximum atomic E-state index is 15.2. The molecular formula is C27H34FN3O2S. The van der Waals surface area contributed by atoms with Gasteiger partial charge in [-0.3, -0.25) is 0 Å². The molecule has 2 fully saturated rings. The van der Waals surface area contributed by atoms with E-state index < -0.39 is 9.84 Å². The predicted octanol–water partition coefficient (Wildman–Crippen LogP) is 5.81. The van der Waals surface area contributed by atoms with E-state index in [0.717, 1.165) is 34.8 Å². The molecular weight excluding hydrogens is 449 g/mol. The zero-order chi connectivity index (χ0) is 23.9. The maximum Gasteiger partial charge on any atom is 0.178 e. The summed E-state index contributed by atoms with van der Waals surface area (Å²) in [5.74, 6) is 2.97. The average molecular weight is 484 g/mol. The molecule has 0 unspecified atom stereocenters. The van der Waals surface area contributed by atoms with Crippen molar-refractivity contribution in [3.63, 3.8) is 0 Å². The molecule has 2 aliphatic rings. The van der Waals surface area contributed by atoms with Gasteiger partial charge in [-0.2, -0.15) is 0 Å². The number of H-pyrrole nitrogens is 1. The minimum atomic E-state index is -2.88. The van der Waals surface area contributed by atoms with Crippen molar-refractivity contribution in [1.82, 2.24) is 15.0 Å². The van der Waals surface area contributed by atoms with Gasteiger partial charge in [-0.05, 0) is 86.1 Å². The molecule has 0 atom stereocenters. The van der Waals surface area contributed by atoms with E-state index in [9.17, 15) is 8.42 Å². The lowest BCUT2D eigenvalue weighted by atomic mass is 9.81. The van der Waals surface area contributed by atoms with Gasteiger partial charge in [0.15, 0.2) is 5.65 Å². The van der Waals surface area contributed by atoms with E-state index in [1.165, 1.54) is 25.7 Å². The molecule has 2 aromatic heterocycles. The molecule has 1 saturated heterocycles. The van der Waals surface area contributed by atoms with Gasteiger partial charge in [0, 0.05) is 12.0 Å². The Morgan fingerprint density at radius 1 is 0.971 bits per heavy atom. The predicted molar refractivity (Wildman–Crippen MR) is 134 cm³/mol. The molecule has 1 N–H and O–H groups in total. The lowest BCUT2D eigenvalue weighted by molar-refractivity contribution is 0.286. The summed E-state index contributed by atoms with van der Waals surface area (Å²) in [4.78, 5) is 12.9. The Morgan fingerprint density at radius 2 is 1.68 bits per heavy atom. The van der Waals surface area contributed by atoms with Crippen molar-refractivity contribution in [2.24, 2.45) is 17.8 Å². The highest BCUT2D eigenvalue weighted by Gasteiger charge is 2.24. The Bertz CT molecular complexity index is 1280. The summed E-state index contributed by atoms with van der Waals surface area (Å²) in [6, 6.07) is 7.37. The first-order valence-corrected chi connectivity index (χ1v) is 14.4. The Kier molecular flexibility index (Phi) is 6.49. The zero-order valence-corrected chi connectivity index (χ0v) is 20.9. The van der Waals surface area contributed by atoms with E-state index in [1.54, 1.807) is 6.07 Å². The molecule has 34 heavy (non-hydrogen) atoms. The van der Waals surface area contributed by atoms with Crippen LogP contribution in [0.1, 0.15) is 62.4 Å². The van der Waals surface area contributed by atoms with Crippen LogP contribution in [-0.2, 0) is 22.7 Å². The molecule has 0 spiro atoms. The lowest BCUT2D eigenvalue weighted by Gasteiger charge is -2.25. The standard InChI is InChI=1S/C27H34FN3O2S/c1-17-3-5-19(6-4-17)16-25-29-24-13-18(2)26(31-27(24)30-25)22-8-7-21(15-23(22)28)14-20-9-11-34(32,33)12-10-20/h7-8,13,15,17,19-20H,3-6,9-12,14,16H2,1-2H3,(H,29,30,31). The van der Waals surface area contributed by atoms with Crippen LogP contribution in [0.4, 0.5) is 4.39 Å². The Labute approximate surface area is 201 Å². The van der Waals surface area contributed by atoms with E-state index in [1.807, 2.05) is 25.1 Å². The first-order valence-electron chi connectivity index (χ1n) is 12.6. The van der Waals surface area contributed by atoms with Crippen LogP contribution in [-0.4, -0.2) is 34.9 Å². The third-order valence-corrected chi connectivity index (χ3v) is 9.53. The van der Waals surface area contributed by atoms with Crippen LogP contribution in [0, 0.1) is 30.5 Å². The number of sulfone groups is 1. The number of rotatable bonds is 5. The van der Waals surface area contributed by atoms with E-state index in [-0.39, 0.29) is 17.3 Å². The molecule has 0 radical (unpaired) electrons. The number of imidazole rings is 1. The first kappa shape index (κ1) is 23.5. The van der Waals surface area contributed by atoms with Crippen molar-refractivity contribution in [3.05, 3.63) is 47.0 Å². The zero-order valence-electron chi connectivity index (χ0n) is 20.1. The molecule has 1 aliphatic heterocycles. The SMILES string of the molecule is Cc1cc2[nH]c(CC3CCC(C)CC3)nc2nc1-c1ccc(CC2CCS(=O)(=O)CC2)cc1F. The van der Waals surface area contributed by atoms with Crippen LogP contribution in [0.15, 0.2) is 24.3 Å². The van der Waals surface area contributed by atoms with Crippen LogP contribution < -0.4 is 0 Å². The molecule has 7 heteroatoms. The van der Waals surface area contributed by atoms with Gasteiger partial charge in [-0.15, -0.1) is 0 Å². The molecule has 5 nitrogen and oxygen atoms in total. The largest absolute Gasteiger partial charge is 0.341 e. The second-order valence-electron chi connectivity index (χ2n) is 10.7. The number of hydrogen-bond acceptors (Lipinski definition) is 4. The molecule has 1 aliphatic carbocycles. The maximum absolute atomic E-state index is 15.2. The van der Waals surface area contributed by atoms with Crippen molar-refractivity contribution in [2.45, 2.75) is 65.2 Å². The highest BCUT2D eigenvalue weighted by molar-refractivity contribution is 7.91. The van der Waals surface area contributed by atoms with Crippen LogP contribution in [0.5, 0.6) is 0 Å². The van der Waals surface area contributed by atoms with Crippen LogP contribution in [0.25, 0.3) is 22.4 Å². The molecule has 0 amide bonds. The summed E-state index contributed by atoms with van der Waals surface area (Å²) in [5.41, 5.74) is 4.49. The third kappa shape index (κ3) is 5.19. The van der Waals surface area contributed by atoms with Gasteiger partial charge in [-0.25, -0.2) is 22.8 Å². The van der Waals surface area contributed by atoms with E-state index in [0.29, 0.717) is 48.0 Å². The van der Waals surface area contributed by atoms with Crippen molar-refractivity contribution in [2.75, 3.05) is 11.5 Å². The number of aromatic amines is 1. The number of aromatic nitrogens is 3. The molecule has 1 aromatic carbocycles. The number of benzene rings is 1. The van der Waals surface area contributed by atoms with Gasteiger partial charge in [0.1, 0.15) is 21.5 Å². The summed E-state index contributed by atoms with van der Waals surface area (Å²) < 4.78 is 38.5. The molecule has 3 heterocycles. The normalized spacial score (nSPS) is 23.4. The van der Waals surface area contributed by atoms with Gasteiger partial charge >= 0.3 is 0 Å². The second kappa shape index (κ2) is 9.40. The number of nitrogens with one attached hydrogen (secondary N) is 1. The van der Waals surface area contributed by atoms with Gasteiger partial charge in [0.05, 0.1) is 22.7 Å². The fraction of sp³-hybridized carbons (Fsp3) is 0.556. The number of hydrogen-bond donors (Lipinski definition) is 1. The van der Waals surface area contributed by atoms with Crippen molar-refractivity contribution >= 4 is 21.0 Å². The van der Waals surface area contributed by atoms with Gasteiger partial charge in [-0.1, -0.05) is 25.8 Å². The minimum absolute atomic E-state index is 0.243. The average Bonchev–Trinajstić information content (AvgIpc) is 3.17. The molecule has 3 aromatic rings. The summed E-state index contributed by atoms with van der Waals surface area (Å²) in [5, 5.41) is 0. The Hall–Kier alpha value is -2.28. The quantitative estimate of drug-likeness (QED) is 0.497. The first-order chi connectivity index (χ1) is 16.3. The fourth-order valence-corrected chi connectivity index (χ4v) is 7.21. The summed E-state index contributed by atoms with van der Waals surface area (Å²) in [7, 11) is -2.88. The fourth-order valence-electron chi connectivity index (χ4n) is 5.62. The lowest BCUT2D eigenvalue weighted by Crippen LogP contribution is -2.24. The molecule has 5 rings (SSSR count). The highest BCUT2D eigenvalue weighted by Crippen LogP contribution is 2.32. The van der Waals surface area contributed by atoms with Crippen molar-refractivity contribution in [3.8, 4) is 11.3 Å². The Morgan fingerprint density at radius 3 is 2.38 bits per heavy atom.